The van der Waals surface area contributed by atoms with Crippen molar-refractivity contribution >= 4 is 35.0 Å². The second-order valence-electron chi connectivity index (χ2n) is 10.5. The molecule has 0 atom stereocenters. The SMILES string of the molecule is Cc1cc(C(=O)NCCN2CCCC2)ccc1Nc1ncc2c(n1)N(C1CCCC1)CC(F)(F)C(=O)N2C. The Morgan fingerprint density at radius 2 is 1.89 bits per heavy atom. The Labute approximate surface area is 221 Å². The lowest BCUT2D eigenvalue weighted by Gasteiger charge is -2.31. The van der Waals surface area contributed by atoms with Gasteiger partial charge in [0.15, 0.2) is 5.82 Å². The molecule has 3 aliphatic rings. The second kappa shape index (κ2) is 10.8. The molecule has 1 aromatic heterocycles. The van der Waals surface area contributed by atoms with Gasteiger partial charge in [0.05, 0.1) is 12.7 Å². The van der Waals surface area contributed by atoms with E-state index in [0.717, 1.165) is 55.8 Å². The standard InChI is InChI=1S/C27H35F2N7O2/c1-18-15-19(24(37)30-11-14-35-12-5-6-13-35)9-10-21(18)32-26-31-16-22-23(33-26)36(20-7-3-4-8-20)17-27(28,29)25(38)34(22)2/h9-10,15-16,20H,3-8,11-14,17H2,1-2H3,(H,30,37)(H,31,32,33). The summed E-state index contributed by atoms with van der Waals surface area (Å²) >= 11 is 0. The van der Waals surface area contributed by atoms with Crippen molar-refractivity contribution in [3.8, 4) is 0 Å². The number of hydrogen-bond donors (Lipinski definition) is 2. The van der Waals surface area contributed by atoms with Crippen molar-refractivity contribution in [1.29, 1.82) is 0 Å². The van der Waals surface area contributed by atoms with Crippen LogP contribution in [0.5, 0.6) is 0 Å². The monoisotopic (exact) mass is 527 g/mol. The first-order valence-electron chi connectivity index (χ1n) is 13.4. The number of alkyl halides is 2. The maximum Gasteiger partial charge on any atom is 0.342 e. The number of rotatable bonds is 7. The van der Waals surface area contributed by atoms with Crippen molar-refractivity contribution in [2.24, 2.45) is 0 Å². The van der Waals surface area contributed by atoms with Gasteiger partial charge in [0, 0.05) is 37.4 Å². The number of anilines is 4. The Morgan fingerprint density at radius 1 is 1.16 bits per heavy atom. The third-order valence-corrected chi connectivity index (χ3v) is 7.78. The predicted octanol–water partition coefficient (Wildman–Crippen LogP) is 3.71. The number of fused-ring (bicyclic) bond motifs is 1. The number of carbonyl (C=O) groups is 2. The molecule has 0 radical (unpaired) electrons. The summed E-state index contributed by atoms with van der Waals surface area (Å²) in [5.41, 5.74) is 2.35. The van der Waals surface area contributed by atoms with E-state index in [1.807, 2.05) is 6.92 Å². The van der Waals surface area contributed by atoms with E-state index >= 15 is 0 Å². The number of hydrogen-bond acceptors (Lipinski definition) is 7. The smallest absolute Gasteiger partial charge is 0.342 e. The van der Waals surface area contributed by atoms with Crippen LogP contribution < -0.4 is 20.4 Å². The van der Waals surface area contributed by atoms with E-state index in [1.165, 1.54) is 26.1 Å². The highest BCUT2D eigenvalue weighted by Crippen LogP contribution is 2.39. The van der Waals surface area contributed by atoms with E-state index in [-0.39, 0.29) is 23.6 Å². The van der Waals surface area contributed by atoms with Gasteiger partial charge < -0.3 is 25.3 Å². The zero-order valence-corrected chi connectivity index (χ0v) is 22.0. The number of aryl methyl sites for hydroxylation is 1. The van der Waals surface area contributed by atoms with E-state index in [9.17, 15) is 18.4 Å². The fourth-order valence-corrected chi connectivity index (χ4v) is 5.61. The fourth-order valence-electron chi connectivity index (χ4n) is 5.61. The van der Waals surface area contributed by atoms with Crippen LogP contribution in [0.25, 0.3) is 0 Å². The first-order chi connectivity index (χ1) is 18.2. The molecule has 3 heterocycles. The third-order valence-electron chi connectivity index (χ3n) is 7.78. The van der Waals surface area contributed by atoms with Crippen LogP contribution >= 0.6 is 0 Å². The van der Waals surface area contributed by atoms with E-state index < -0.39 is 18.4 Å². The summed E-state index contributed by atoms with van der Waals surface area (Å²) in [4.78, 5) is 38.9. The summed E-state index contributed by atoms with van der Waals surface area (Å²) in [5.74, 6) is -4.33. The zero-order valence-electron chi connectivity index (χ0n) is 22.0. The number of halogens is 2. The van der Waals surface area contributed by atoms with Gasteiger partial charge in [0.2, 0.25) is 5.95 Å². The first-order valence-corrected chi connectivity index (χ1v) is 13.4. The highest BCUT2D eigenvalue weighted by molar-refractivity contribution is 6.02. The van der Waals surface area contributed by atoms with Gasteiger partial charge in [-0.15, -0.1) is 0 Å². The average molecular weight is 528 g/mol. The van der Waals surface area contributed by atoms with Crippen molar-refractivity contribution < 1.29 is 18.4 Å². The Morgan fingerprint density at radius 3 is 2.61 bits per heavy atom. The van der Waals surface area contributed by atoms with Crippen LogP contribution in [0.15, 0.2) is 24.4 Å². The molecule has 2 aromatic rings. The van der Waals surface area contributed by atoms with Gasteiger partial charge in [-0.25, -0.2) is 4.98 Å². The van der Waals surface area contributed by atoms with Crippen LogP contribution in [0, 0.1) is 6.92 Å². The number of amides is 2. The Balaban J connectivity index is 1.33. The normalized spacial score (nSPS) is 19.9. The molecule has 0 bridgehead atoms. The molecular weight excluding hydrogens is 492 g/mol. The molecule has 2 fully saturated rings. The maximum absolute atomic E-state index is 14.8. The van der Waals surface area contributed by atoms with E-state index in [0.29, 0.717) is 23.6 Å². The molecule has 11 heteroatoms. The van der Waals surface area contributed by atoms with Gasteiger partial charge in [-0.3, -0.25) is 9.59 Å². The molecule has 0 unspecified atom stereocenters. The maximum atomic E-state index is 14.8. The van der Waals surface area contributed by atoms with Crippen LogP contribution in [0.4, 0.5) is 31.9 Å². The molecule has 5 rings (SSSR count). The fraction of sp³-hybridized carbons (Fsp3) is 0.556. The van der Waals surface area contributed by atoms with Gasteiger partial charge >= 0.3 is 5.92 Å². The largest absolute Gasteiger partial charge is 0.351 e. The topological polar surface area (TPSA) is 93.7 Å². The minimum atomic E-state index is -3.52. The highest BCUT2D eigenvalue weighted by Gasteiger charge is 2.48. The van der Waals surface area contributed by atoms with Gasteiger partial charge in [-0.05, 0) is 69.5 Å². The molecule has 204 valence electrons. The van der Waals surface area contributed by atoms with Crippen LogP contribution in [0.3, 0.4) is 0 Å². The van der Waals surface area contributed by atoms with Crippen molar-refractivity contribution in [2.75, 3.05) is 54.9 Å². The molecule has 2 N–H and O–H groups in total. The van der Waals surface area contributed by atoms with Crippen LogP contribution in [-0.2, 0) is 4.79 Å². The lowest BCUT2D eigenvalue weighted by atomic mass is 10.1. The predicted molar refractivity (Wildman–Crippen MR) is 142 cm³/mol. The summed E-state index contributed by atoms with van der Waals surface area (Å²) in [6.07, 6.45) is 7.33. The molecule has 1 saturated carbocycles. The lowest BCUT2D eigenvalue weighted by molar-refractivity contribution is -0.140. The number of likely N-dealkylation sites (tertiary alicyclic amines) is 1. The lowest BCUT2D eigenvalue weighted by Crippen LogP contribution is -2.48. The number of nitrogens with zero attached hydrogens (tertiary/aromatic N) is 5. The number of aromatic nitrogens is 2. The van der Waals surface area contributed by atoms with Gasteiger partial charge in [-0.2, -0.15) is 13.8 Å². The molecule has 1 aromatic carbocycles. The van der Waals surface area contributed by atoms with Gasteiger partial charge in [-0.1, -0.05) is 12.8 Å². The summed E-state index contributed by atoms with van der Waals surface area (Å²) in [7, 11) is 1.34. The molecule has 2 aliphatic heterocycles. The van der Waals surface area contributed by atoms with Crippen LogP contribution in [0.2, 0.25) is 0 Å². The van der Waals surface area contributed by atoms with E-state index in [2.05, 4.69) is 25.5 Å². The molecular formula is C27H35F2N7O2. The second-order valence-corrected chi connectivity index (χ2v) is 10.5. The van der Waals surface area contributed by atoms with Gasteiger partial charge in [0.1, 0.15) is 5.69 Å². The summed E-state index contributed by atoms with van der Waals surface area (Å²) in [5, 5.41) is 6.15. The van der Waals surface area contributed by atoms with Crippen LogP contribution in [-0.4, -0.2) is 78.4 Å². The van der Waals surface area contributed by atoms with Crippen LogP contribution in [0.1, 0.15) is 54.4 Å². The van der Waals surface area contributed by atoms with Crippen molar-refractivity contribution in [3.05, 3.63) is 35.5 Å². The summed E-state index contributed by atoms with van der Waals surface area (Å²) in [6.45, 7) is 4.82. The Hall–Kier alpha value is -3.34. The minimum absolute atomic E-state index is 0.105. The Kier molecular flexibility index (Phi) is 7.47. The number of carbonyl (C=O) groups excluding carboxylic acids is 2. The van der Waals surface area contributed by atoms with Crippen molar-refractivity contribution in [1.82, 2.24) is 20.2 Å². The third kappa shape index (κ3) is 5.43. The molecule has 9 nitrogen and oxygen atoms in total. The first kappa shape index (κ1) is 26.3. The van der Waals surface area contributed by atoms with Crippen molar-refractivity contribution in [2.45, 2.75) is 57.4 Å². The molecule has 2 amide bonds. The quantitative estimate of drug-likeness (QED) is 0.567. The zero-order chi connectivity index (χ0) is 26.9. The number of nitrogens with one attached hydrogen (secondary N) is 2. The highest BCUT2D eigenvalue weighted by atomic mass is 19.3. The molecule has 1 saturated heterocycles. The summed E-state index contributed by atoms with van der Waals surface area (Å²) < 4.78 is 29.6. The van der Waals surface area contributed by atoms with E-state index in [1.54, 1.807) is 23.1 Å². The number of benzene rings is 1. The molecule has 0 spiro atoms. The van der Waals surface area contributed by atoms with E-state index in [4.69, 9.17) is 0 Å². The minimum Gasteiger partial charge on any atom is -0.351 e. The Bertz CT molecular complexity index is 1200. The van der Waals surface area contributed by atoms with Gasteiger partial charge in [0.25, 0.3) is 11.8 Å². The molecule has 1 aliphatic carbocycles. The summed E-state index contributed by atoms with van der Waals surface area (Å²) in [6, 6.07) is 5.22. The van der Waals surface area contributed by atoms with Crippen molar-refractivity contribution in [3.63, 3.8) is 0 Å². The average Bonchev–Trinajstić information content (AvgIpc) is 3.61. The molecule has 38 heavy (non-hydrogen) atoms.